The summed E-state index contributed by atoms with van der Waals surface area (Å²) in [4.78, 5) is 9.94. The van der Waals surface area contributed by atoms with E-state index in [0.29, 0.717) is 5.92 Å². The molecule has 4 nitrogen and oxygen atoms in total. The first-order valence-corrected chi connectivity index (χ1v) is 25.1. The van der Waals surface area contributed by atoms with Crippen LogP contribution in [-0.2, 0) is 26.5 Å². The molecule has 0 unspecified atom stereocenters. The Hall–Kier alpha value is -6.17. The van der Waals surface area contributed by atoms with Crippen molar-refractivity contribution in [2.75, 3.05) is 0 Å². The molecule has 10 rings (SSSR count). The van der Waals surface area contributed by atoms with Gasteiger partial charge in [0.15, 0.2) is 0 Å². The molecular weight excluding hydrogens is 963 g/mol. The summed E-state index contributed by atoms with van der Waals surface area (Å²) in [5.41, 5.74) is 16.5. The molecule has 0 bridgehead atoms. The van der Waals surface area contributed by atoms with Crippen LogP contribution in [0, 0.1) is 31.9 Å². The van der Waals surface area contributed by atoms with Gasteiger partial charge < -0.3 is 14.0 Å². The number of pyridine rings is 1. The maximum atomic E-state index is 6.38. The van der Waals surface area contributed by atoms with Gasteiger partial charge in [0.1, 0.15) is 5.58 Å². The maximum absolute atomic E-state index is 6.38. The van der Waals surface area contributed by atoms with Crippen molar-refractivity contribution in [3.05, 3.63) is 193 Å². The standard InChI is InChI=1S/C33H23N2O.C24H28NSi.Ir/c1-21-19-24(23-11-4-3-5-12-23)20-22(2)31(21)35-29-17-8-7-16-28(29)34-33(35)27-15-10-14-26-25-13-6-9-18-30(25)36-32(26)27;1-18(2)14-22-16-23(25-17-24(22)26(3,4)5)21-13-9-12-20(15-21)19-10-7-6-8-11-19;/h3-14,16-20H,1-2H3;6-12,15-18H,14H2,1-5H3;/q2*-1;. The minimum absolute atomic E-state index is 0. The average molecular weight is 1010 g/mol. The topological polar surface area (TPSA) is 43.9 Å². The number of benzene rings is 7. The molecule has 0 N–H and O–H groups in total. The molecule has 0 fully saturated rings. The molecule has 1 radical (unpaired) electrons. The van der Waals surface area contributed by atoms with Crippen molar-refractivity contribution in [2.45, 2.75) is 53.8 Å². The van der Waals surface area contributed by atoms with Gasteiger partial charge in [0.2, 0.25) is 0 Å². The molecule has 6 heteroatoms. The Labute approximate surface area is 386 Å². The van der Waals surface area contributed by atoms with Gasteiger partial charge in [-0.1, -0.05) is 147 Å². The number of hydrogen-bond acceptors (Lipinski definition) is 3. The number of nitrogens with zero attached hydrogens (tertiary/aromatic N) is 3. The summed E-state index contributed by atoms with van der Waals surface area (Å²) < 4.78 is 8.65. The van der Waals surface area contributed by atoms with Crippen molar-refractivity contribution < 1.29 is 24.5 Å². The minimum atomic E-state index is -1.40. The Morgan fingerprint density at radius 3 is 1.98 bits per heavy atom. The van der Waals surface area contributed by atoms with Crippen LogP contribution in [0.25, 0.3) is 83.6 Å². The molecule has 0 amide bonds. The predicted octanol–water partition coefficient (Wildman–Crippen LogP) is 14.6. The van der Waals surface area contributed by atoms with E-state index in [0.717, 1.165) is 67.7 Å². The van der Waals surface area contributed by atoms with Crippen molar-refractivity contribution in [3.63, 3.8) is 0 Å². The van der Waals surface area contributed by atoms with Gasteiger partial charge in [-0.25, -0.2) is 0 Å². The number of imidazole rings is 1. The zero-order chi connectivity index (χ0) is 43.0. The fraction of sp³-hybridized carbons (Fsp3) is 0.158. The normalized spacial score (nSPS) is 11.5. The van der Waals surface area contributed by atoms with E-state index < -0.39 is 8.07 Å². The predicted molar refractivity (Wildman–Crippen MR) is 263 cm³/mol. The van der Waals surface area contributed by atoms with Gasteiger partial charge in [-0.15, -0.1) is 53.6 Å². The van der Waals surface area contributed by atoms with E-state index in [-0.39, 0.29) is 20.1 Å². The van der Waals surface area contributed by atoms with Crippen LogP contribution in [0.4, 0.5) is 0 Å². The van der Waals surface area contributed by atoms with Crippen LogP contribution in [-0.4, -0.2) is 22.6 Å². The van der Waals surface area contributed by atoms with E-state index in [1.807, 2.05) is 42.5 Å². The van der Waals surface area contributed by atoms with Gasteiger partial charge in [-0.05, 0) is 95.2 Å². The summed E-state index contributed by atoms with van der Waals surface area (Å²) in [6.45, 7) is 16.1. The molecule has 0 aliphatic rings. The summed E-state index contributed by atoms with van der Waals surface area (Å²) in [5.74, 6) is 1.47. The number of fused-ring (bicyclic) bond motifs is 4. The second-order valence-corrected chi connectivity index (χ2v) is 22.7. The molecule has 7 aromatic carbocycles. The molecule has 0 saturated carbocycles. The summed E-state index contributed by atoms with van der Waals surface area (Å²) in [6.07, 6.45) is 3.23. The van der Waals surface area contributed by atoms with Crippen molar-refractivity contribution in [2.24, 2.45) is 5.92 Å². The zero-order valence-electron chi connectivity index (χ0n) is 37.0. The van der Waals surface area contributed by atoms with Crippen LogP contribution in [0.2, 0.25) is 19.6 Å². The van der Waals surface area contributed by atoms with Gasteiger partial charge in [0.25, 0.3) is 0 Å². The Bertz CT molecular complexity index is 3170. The van der Waals surface area contributed by atoms with E-state index in [4.69, 9.17) is 14.4 Å². The van der Waals surface area contributed by atoms with E-state index >= 15 is 0 Å². The third kappa shape index (κ3) is 8.90. The van der Waals surface area contributed by atoms with Crippen LogP contribution >= 0.6 is 0 Å². The maximum Gasteiger partial charge on any atom is 0.120 e. The molecule has 63 heavy (non-hydrogen) atoms. The largest absolute Gasteiger partial charge is 0.501 e. The molecule has 315 valence electrons. The fourth-order valence-corrected chi connectivity index (χ4v) is 10.3. The average Bonchev–Trinajstić information content (AvgIpc) is 3.85. The molecule has 3 aromatic heterocycles. The Morgan fingerprint density at radius 1 is 0.651 bits per heavy atom. The Kier molecular flexibility index (Phi) is 12.6. The zero-order valence-corrected chi connectivity index (χ0v) is 40.4. The van der Waals surface area contributed by atoms with E-state index in [1.54, 1.807) is 0 Å². The van der Waals surface area contributed by atoms with Crippen molar-refractivity contribution >= 4 is 46.2 Å². The van der Waals surface area contributed by atoms with E-state index in [2.05, 4.69) is 185 Å². The second kappa shape index (κ2) is 18.3. The smallest absolute Gasteiger partial charge is 0.120 e. The van der Waals surface area contributed by atoms with Crippen molar-refractivity contribution in [3.8, 4) is 50.6 Å². The van der Waals surface area contributed by atoms with Crippen LogP contribution in [0.1, 0.15) is 30.5 Å². The summed E-state index contributed by atoms with van der Waals surface area (Å²) in [5, 5.41) is 3.66. The van der Waals surface area contributed by atoms with Crippen LogP contribution in [0.15, 0.2) is 168 Å². The third-order valence-corrected chi connectivity index (χ3v) is 13.6. The van der Waals surface area contributed by atoms with Crippen molar-refractivity contribution in [1.29, 1.82) is 0 Å². The first kappa shape index (κ1) is 43.5. The number of rotatable bonds is 8. The van der Waals surface area contributed by atoms with Crippen LogP contribution < -0.4 is 5.19 Å². The number of furan rings is 1. The van der Waals surface area contributed by atoms with Crippen LogP contribution in [0.5, 0.6) is 0 Å². The molecular formula is C57H51IrN3OSi-2. The summed E-state index contributed by atoms with van der Waals surface area (Å²) in [7, 11) is -1.40. The van der Waals surface area contributed by atoms with Crippen molar-refractivity contribution in [1.82, 2.24) is 14.5 Å². The summed E-state index contributed by atoms with van der Waals surface area (Å²) in [6, 6.07) is 61.5. The van der Waals surface area contributed by atoms with E-state index in [1.165, 1.54) is 44.1 Å². The molecule has 0 aliphatic heterocycles. The van der Waals surface area contributed by atoms with Gasteiger partial charge in [0, 0.05) is 37.4 Å². The molecule has 3 heterocycles. The molecule has 0 atom stereocenters. The first-order chi connectivity index (χ1) is 30.0. The molecule has 0 saturated heterocycles. The molecule has 10 aromatic rings. The first-order valence-electron chi connectivity index (χ1n) is 21.6. The van der Waals surface area contributed by atoms with Gasteiger partial charge in [0.05, 0.1) is 30.5 Å². The van der Waals surface area contributed by atoms with Gasteiger partial charge >= 0.3 is 0 Å². The van der Waals surface area contributed by atoms with Gasteiger partial charge in [-0.2, -0.15) is 0 Å². The van der Waals surface area contributed by atoms with Gasteiger partial charge in [-0.3, -0.25) is 4.98 Å². The molecule has 0 aliphatic carbocycles. The molecule has 0 spiro atoms. The quantitative estimate of drug-likeness (QED) is 0.113. The van der Waals surface area contributed by atoms with Crippen LogP contribution in [0.3, 0.4) is 0 Å². The number of aromatic nitrogens is 3. The van der Waals surface area contributed by atoms with E-state index in [9.17, 15) is 0 Å². The minimum Gasteiger partial charge on any atom is -0.501 e. The monoisotopic (exact) mass is 1010 g/mol. The Balaban J connectivity index is 0.000000180. The Morgan fingerprint density at radius 2 is 1.29 bits per heavy atom. The number of hydrogen-bond donors (Lipinski definition) is 0. The third-order valence-electron chi connectivity index (χ3n) is 11.6. The number of aryl methyl sites for hydroxylation is 2. The SMILES string of the molecule is CC(C)Cc1cc(-c2[c-]ccc(-c3ccccc3)c2)ncc1[Si](C)(C)C.Cc1cc(-c2ccccc2)cc(C)c1-n1c(-c2[c-]ccc3c2oc2ccccc23)nc2ccccc21.[Ir]. The second-order valence-electron chi connectivity index (χ2n) is 17.7. The number of para-hydroxylation sites is 3. The summed E-state index contributed by atoms with van der Waals surface area (Å²) >= 11 is 0. The fourth-order valence-electron chi connectivity index (χ4n) is 8.74.